The average molecular weight is 992 g/mol. The highest BCUT2D eigenvalue weighted by atomic mass is 28.4. The number of nitrogens with one attached hydrogen (secondary N) is 1. The lowest BCUT2D eigenvalue weighted by Crippen LogP contribution is -2.48. The van der Waals surface area contributed by atoms with Crippen LogP contribution in [-0.4, -0.2) is 76.2 Å². The maximum absolute atomic E-state index is 13.6. The minimum Gasteiger partial charge on any atom is -0.481 e. The van der Waals surface area contributed by atoms with Crippen LogP contribution in [0.3, 0.4) is 0 Å². The number of hydrogen-bond donors (Lipinski definition) is 2. The molecule has 2 unspecified atom stereocenters. The summed E-state index contributed by atoms with van der Waals surface area (Å²) in [6.45, 7) is 23.6. The van der Waals surface area contributed by atoms with Gasteiger partial charge in [-0.1, -0.05) is 52.7 Å². The number of amides is 1. The number of carboxylic acid groups (broad SMARTS) is 1. The molecule has 0 spiro atoms. The molecule has 2 saturated carbocycles. The van der Waals surface area contributed by atoms with Gasteiger partial charge < -0.3 is 19.3 Å². The van der Waals surface area contributed by atoms with E-state index in [9.17, 15) is 23.5 Å². The Morgan fingerprint density at radius 2 is 1.13 bits per heavy atom. The second kappa shape index (κ2) is 19.0. The maximum atomic E-state index is 13.6. The van der Waals surface area contributed by atoms with Crippen LogP contribution in [0.2, 0.25) is 36.3 Å². The van der Waals surface area contributed by atoms with Crippen molar-refractivity contribution < 1.29 is 32.3 Å². The molecule has 0 bridgehead atoms. The number of hydrogen-bond acceptors (Lipinski definition) is 7. The lowest BCUT2D eigenvalue weighted by atomic mass is 9.61. The van der Waals surface area contributed by atoms with Crippen LogP contribution in [0.15, 0.2) is 84.5 Å². The van der Waals surface area contributed by atoms with E-state index in [1.165, 1.54) is 35.4 Å². The Morgan fingerprint density at radius 1 is 0.700 bits per heavy atom. The highest BCUT2D eigenvalue weighted by Crippen LogP contribution is 2.53. The van der Waals surface area contributed by atoms with Gasteiger partial charge in [0.15, 0.2) is 16.6 Å². The van der Waals surface area contributed by atoms with E-state index in [1.807, 2.05) is 35.0 Å². The maximum Gasteiger partial charge on any atom is 0.306 e. The smallest absolute Gasteiger partial charge is 0.306 e. The minimum absolute atomic E-state index is 0.0385. The first-order chi connectivity index (χ1) is 32.8. The fourth-order valence-corrected chi connectivity index (χ4v) is 12.2. The molecule has 70 heavy (non-hydrogen) atoms. The summed E-state index contributed by atoms with van der Waals surface area (Å²) in [6, 6.07) is 12.8. The van der Waals surface area contributed by atoms with Gasteiger partial charge in [0.25, 0.3) is 0 Å². The minimum atomic E-state index is -2.02. The first kappa shape index (κ1) is 51.1. The molecule has 2 aromatic carbocycles. The van der Waals surface area contributed by atoms with E-state index >= 15 is 0 Å². The third-order valence-electron chi connectivity index (χ3n) is 16.5. The summed E-state index contributed by atoms with van der Waals surface area (Å²) in [5.74, 6) is -1.70. The molecular weight excluding hydrogens is 921 g/mol. The van der Waals surface area contributed by atoms with Crippen molar-refractivity contribution in [1.82, 2.24) is 29.3 Å². The van der Waals surface area contributed by atoms with Gasteiger partial charge in [-0.3, -0.25) is 14.3 Å². The SMILES string of the molecule is CC(C)(C)[Si](C)(C)OC[C@]12Cc3cnn(-c4ccc(F)cc4)c3C=C1CCC(C(=O)O)C2.Cn1cc(NC(=O)C2CCC3=Cc4c(cnn4-c4ccc(F)cc4)C[C@]3(CO[Si](C)(C)C(C)(C)C)C2)cn1. The molecule has 12 nitrogen and oxygen atoms in total. The predicted octanol–water partition coefficient (Wildman–Crippen LogP) is 12.0. The van der Waals surface area contributed by atoms with Crippen molar-refractivity contribution in [2.45, 2.75) is 129 Å². The van der Waals surface area contributed by atoms with E-state index in [2.05, 4.69) is 100 Å². The highest BCUT2D eigenvalue weighted by Gasteiger charge is 2.50. The topological polar surface area (TPSA) is 138 Å². The van der Waals surface area contributed by atoms with Gasteiger partial charge >= 0.3 is 5.97 Å². The van der Waals surface area contributed by atoms with Gasteiger partial charge in [-0.15, -0.1) is 0 Å². The zero-order valence-corrected chi connectivity index (χ0v) is 44.8. The fraction of sp³-hybridized carbons (Fsp3) is 0.500. The summed E-state index contributed by atoms with van der Waals surface area (Å²) >= 11 is 0. The summed E-state index contributed by atoms with van der Waals surface area (Å²) in [5, 5.41) is 26.5. The lowest BCUT2D eigenvalue weighted by Gasteiger charge is -2.47. The first-order valence-electron chi connectivity index (χ1n) is 24.7. The first-order valence-corrected chi connectivity index (χ1v) is 30.5. The van der Waals surface area contributed by atoms with Crippen LogP contribution in [0.1, 0.15) is 103 Å². The zero-order chi connectivity index (χ0) is 50.6. The predicted molar refractivity (Wildman–Crippen MR) is 276 cm³/mol. The summed E-state index contributed by atoms with van der Waals surface area (Å²) in [7, 11) is -2.17. The molecule has 3 aromatic heterocycles. The number of aliphatic carboxylic acids is 1. The van der Waals surface area contributed by atoms with Gasteiger partial charge in [-0.05, 0) is 159 Å². The van der Waals surface area contributed by atoms with E-state index in [4.69, 9.17) is 8.85 Å². The molecule has 4 aliphatic rings. The van der Waals surface area contributed by atoms with Crippen LogP contribution < -0.4 is 5.32 Å². The molecule has 4 atom stereocenters. The number of fused-ring (bicyclic) bond motifs is 4. The van der Waals surface area contributed by atoms with Crippen molar-refractivity contribution in [3.8, 4) is 11.4 Å². The van der Waals surface area contributed by atoms with Crippen molar-refractivity contribution in [2.75, 3.05) is 18.5 Å². The number of benzene rings is 2. The molecule has 0 aliphatic heterocycles. The van der Waals surface area contributed by atoms with Gasteiger partial charge in [-0.25, -0.2) is 18.1 Å². The molecule has 9 rings (SSSR count). The van der Waals surface area contributed by atoms with E-state index in [-0.39, 0.29) is 50.3 Å². The van der Waals surface area contributed by atoms with E-state index in [0.29, 0.717) is 32.5 Å². The van der Waals surface area contributed by atoms with E-state index < -0.39 is 22.6 Å². The Hall–Kier alpha value is -5.30. The average Bonchev–Trinajstić information content (AvgIpc) is 4.03. The van der Waals surface area contributed by atoms with Crippen molar-refractivity contribution in [3.63, 3.8) is 0 Å². The van der Waals surface area contributed by atoms with Gasteiger partial charge in [0.2, 0.25) is 5.91 Å². The molecule has 0 radical (unpaired) electrons. The van der Waals surface area contributed by atoms with Crippen molar-refractivity contribution in [1.29, 1.82) is 0 Å². The quantitative estimate of drug-likeness (QED) is 0.125. The van der Waals surface area contributed by atoms with Crippen LogP contribution in [-0.2, 0) is 38.3 Å². The van der Waals surface area contributed by atoms with Crippen LogP contribution in [0, 0.1) is 34.3 Å². The molecule has 1 amide bonds. The monoisotopic (exact) mass is 992 g/mol. The number of carbonyl (C=O) groups is 2. The third-order valence-corrected chi connectivity index (χ3v) is 25.4. The van der Waals surface area contributed by atoms with Crippen molar-refractivity contribution in [2.24, 2.45) is 29.7 Å². The Kier molecular flexibility index (Phi) is 13.9. The van der Waals surface area contributed by atoms with Crippen molar-refractivity contribution >= 4 is 46.4 Å². The largest absolute Gasteiger partial charge is 0.481 e. The molecule has 4 aliphatic carbocycles. The molecule has 5 aromatic rings. The normalized spacial score (nSPS) is 22.3. The summed E-state index contributed by atoms with van der Waals surface area (Å²) < 4.78 is 45.9. The summed E-state index contributed by atoms with van der Waals surface area (Å²) in [5.41, 5.74) is 8.60. The van der Waals surface area contributed by atoms with Crippen molar-refractivity contribution in [3.05, 3.63) is 119 Å². The number of aryl methyl sites for hydroxylation is 1. The summed E-state index contributed by atoms with van der Waals surface area (Å²) in [6.07, 6.45) is 17.5. The van der Waals surface area contributed by atoms with Gasteiger partial charge in [-0.2, -0.15) is 15.3 Å². The van der Waals surface area contributed by atoms with E-state index in [1.54, 1.807) is 35.1 Å². The molecule has 16 heteroatoms. The molecule has 2 fully saturated rings. The standard InChI is InChI=1S/C29H38FN5O2Si.C25H33FN2O3Si/c1-28(2,3)38(5,6)37-19-29-14-20(27(36)33-24-17-31-34(4)18-24)7-8-22(29)13-26-21(15-29)16-32-35(26)25-11-9-23(30)10-12-25;1-24(2,3)32(4,5)31-16-25-13-17(23(29)30)6-7-19(25)12-22-18(14-25)15-27-28(22)21-10-8-20(26)9-11-21/h9-13,16-18,20H,7-8,14-15,19H2,1-6H3,(H,33,36);8-12,15,17H,6-7,13-14,16H2,1-5H3,(H,29,30)/t20?,29-;17?,25-/m00/s1. The molecule has 0 saturated heterocycles. The number of halogens is 2. The number of anilines is 1. The third kappa shape index (κ3) is 10.4. The number of nitrogens with zero attached hydrogens (tertiary/aromatic N) is 6. The van der Waals surface area contributed by atoms with E-state index in [0.717, 1.165) is 71.7 Å². The van der Waals surface area contributed by atoms with Gasteiger partial charge in [0.1, 0.15) is 11.6 Å². The van der Waals surface area contributed by atoms with Gasteiger partial charge in [0.05, 0.1) is 53.0 Å². The number of carboxylic acids is 1. The highest BCUT2D eigenvalue weighted by molar-refractivity contribution is 6.74. The zero-order valence-electron chi connectivity index (χ0n) is 42.8. The second-order valence-corrected chi connectivity index (χ2v) is 33.0. The molecule has 2 N–H and O–H groups in total. The number of aromatic nitrogens is 6. The second-order valence-electron chi connectivity index (χ2n) is 23.3. The fourth-order valence-electron chi connectivity index (χ4n) is 10.1. The number of carbonyl (C=O) groups excluding carboxylic acids is 1. The number of rotatable bonds is 11. The molecular formula is C54H71F2N7O5Si2. The van der Waals surface area contributed by atoms with Crippen LogP contribution in [0.4, 0.5) is 14.5 Å². The Labute approximate surface area is 413 Å². The molecule has 374 valence electrons. The Bertz CT molecular complexity index is 2800. The van der Waals surface area contributed by atoms with Gasteiger partial charge in [0, 0.05) is 43.2 Å². The van der Waals surface area contributed by atoms with Crippen LogP contribution in [0.5, 0.6) is 0 Å². The Balaban J connectivity index is 0.000000191. The Morgan fingerprint density at radius 3 is 1.53 bits per heavy atom. The lowest BCUT2D eigenvalue weighted by molar-refractivity contribution is -0.144. The molecule has 3 heterocycles. The summed E-state index contributed by atoms with van der Waals surface area (Å²) in [4.78, 5) is 25.3. The van der Waals surface area contributed by atoms with Crippen LogP contribution in [0.25, 0.3) is 23.5 Å². The van der Waals surface area contributed by atoms with Crippen LogP contribution >= 0.6 is 0 Å².